The van der Waals surface area contributed by atoms with E-state index in [9.17, 15) is 35.4 Å². The van der Waals surface area contributed by atoms with Crippen LogP contribution in [0.5, 0.6) is 11.5 Å². The summed E-state index contributed by atoms with van der Waals surface area (Å²) in [6.07, 6.45) is -3.17. The molecule has 31 heavy (non-hydrogen) atoms. The van der Waals surface area contributed by atoms with Gasteiger partial charge < -0.3 is 44.8 Å². The van der Waals surface area contributed by atoms with Gasteiger partial charge in [0.25, 0.3) is 0 Å². The number of rotatable bonds is 6. The Balaban J connectivity index is 1.71. The maximum Gasteiger partial charge on any atom is 0.331 e. The quantitative estimate of drug-likeness (QED) is 0.198. The lowest BCUT2D eigenvalue weighted by Crippen LogP contribution is -2.61. The molecule has 10 heteroatoms. The van der Waals surface area contributed by atoms with E-state index in [0.29, 0.717) is 18.4 Å². The third-order valence-electron chi connectivity index (χ3n) is 5.46. The highest BCUT2D eigenvalue weighted by Gasteiger charge is 2.48. The second-order valence-corrected chi connectivity index (χ2v) is 7.72. The normalized spacial score (nSPS) is 34.0. The van der Waals surface area contributed by atoms with Crippen molar-refractivity contribution in [3.63, 3.8) is 0 Å². The lowest BCUT2D eigenvalue weighted by Gasteiger charge is -2.43. The predicted octanol–water partition coefficient (Wildman–Crippen LogP) is -0.218. The van der Waals surface area contributed by atoms with Gasteiger partial charge in [-0.2, -0.15) is 0 Å². The molecule has 1 saturated heterocycles. The third-order valence-corrected chi connectivity index (χ3v) is 5.46. The molecule has 6 N–H and O–H groups in total. The average molecular weight is 440 g/mol. The molecule has 7 atom stereocenters. The predicted molar refractivity (Wildman–Crippen MR) is 106 cm³/mol. The molecule has 1 heterocycles. The van der Waals surface area contributed by atoms with E-state index in [4.69, 9.17) is 14.2 Å². The maximum absolute atomic E-state index is 12.3. The fourth-order valence-corrected chi connectivity index (χ4v) is 3.68. The molecule has 0 bridgehead atoms. The second-order valence-electron chi connectivity index (χ2n) is 7.72. The van der Waals surface area contributed by atoms with Crippen LogP contribution >= 0.6 is 0 Å². The summed E-state index contributed by atoms with van der Waals surface area (Å²) in [5.74, 6) is -1.54. The van der Waals surface area contributed by atoms with Gasteiger partial charge in [0, 0.05) is 6.08 Å². The topological polar surface area (TPSA) is 166 Å². The summed E-state index contributed by atoms with van der Waals surface area (Å²) in [5, 5.41) is 59.0. The molecule has 0 radical (unpaired) electrons. The fourth-order valence-electron chi connectivity index (χ4n) is 3.68. The van der Waals surface area contributed by atoms with Gasteiger partial charge in [0.2, 0.25) is 0 Å². The molecule has 1 aliphatic carbocycles. The van der Waals surface area contributed by atoms with Crippen molar-refractivity contribution in [2.45, 2.75) is 68.6 Å². The van der Waals surface area contributed by atoms with Crippen LogP contribution < -0.4 is 0 Å². The highest BCUT2D eigenvalue weighted by molar-refractivity contribution is 5.87. The standard InChI is InChI=1S/C21H28O10/c22-10-16-18(27)19(28)20(21(30-16)29-15-4-2-1-3-13(15)24)31-17(26)8-6-11-5-7-12(23)14(25)9-11/h5-9,13,15-16,18-25,27-28H,1-4,10H2/t13-,15+,16+,18+,19-,20-,21+/m0/s1. The smallest absolute Gasteiger partial charge is 0.331 e. The van der Waals surface area contributed by atoms with Crippen LogP contribution in [0.3, 0.4) is 0 Å². The van der Waals surface area contributed by atoms with Gasteiger partial charge in [-0.3, -0.25) is 0 Å². The van der Waals surface area contributed by atoms with Crippen molar-refractivity contribution in [3.8, 4) is 11.5 Å². The van der Waals surface area contributed by atoms with Crippen LogP contribution in [0, 0.1) is 0 Å². The maximum atomic E-state index is 12.3. The number of aromatic hydroxyl groups is 2. The monoisotopic (exact) mass is 440 g/mol. The average Bonchev–Trinajstić information content (AvgIpc) is 2.75. The van der Waals surface area contributed by atoms with Crippen LogP contribution in [0.1, 0.15) is 31.2 Å². The number of phenols is 2. The van der Waals surface area contributed by atoms with Crippen LogP contribution in [0.2, 0.25) is 0 Å². The zero-order valence-corrected chi connectivity index (χ0v) is 16.8. The highest BCUT2D eigenvalue weighted by Crippen LogP contribution is 2.30. The Morgan fingerprint density at radius 1 is 1.10 bits per heavy atom. The van der Waals surface area contributed by atoms with Gasteiger partial charge >= 0.3 is 5.97 Å². The number of hydrogen-bond donors (Lipinski definition) is 6. The van der Waals surface area contributed by atoms with E-state index < -0.39 is 55.5 Å². The van der Waals surface area contributed by atoms with Crippen molar-refractivity contribution in [3.05, 3.63) is 29.8 Å². The summed E-state index contributed by atoms with van der Waals surface area (Å²) in [4.78, 5) is 12.3. The van der Waals surface area contributed by atoms with Gasteiger partial charge in [-0.25, -0.2) is 4.79 Å². The van der Waals surface area contributed by atoms with E-state index in [2.05, 4.69) is 0 Å². The highest BCUT2D eigenvalue weighted by atomic mass is 16.7. The molecular formula is C21H28O10. The number of aliphatic hydroxyl groups is 4. The zero-order valence-electron chi connectivity index (χ0n) is 16.8. The molecule has 172 valence electrons. The van der Waals surface area contributed by atoms with Crippen LogP contribution in [-0.2, 0) is 19.0 Å². The van der Waals surface area contributed by atoms with E-state index in [1.807, 2.05) is 0 Å². The summed E-state index contributed by atoms with van der Waals surface area (Å²) in [6, 6.07) is 3.96. The summed E-state index contributed by atoms with van der Waals surface area (Å²) in [7, 11) is 0. The third kappa shape index (κ3) is 5.73. The molecule has 3 rings (SSSR count). The van der Waals surface area contributed by atoms with E-state index >= 15 is 0 Å². The minimum Gasteiger partial charge on any atom is -0.504 e. The number of ether oxygens (including phenoxy) is 3. The Morgan fingerprint density at radius 2 is 1.84 bits per heavy atom. The summed E-state index contributed by atoms with van der Waals surface area (Å²) in [6.45, 7) is -0.587. The molecule has 0 amide bonds. The van der Waals surface area contributed by atoms with Crippen molar-refractivity contribution in [2.24, 2.45) is 0 Å². The molecular weight excluding hydrogens is 412 g/mol. The van der Waals surface area contributed by atoms with E-state index in [0.717, 1.165) is 18.9 Å². The Bertz CT molecular complexity index is 781. The van der Waals surface area contributed by atoms with Gasteiger partial charge in [0.05, 0.1) is 18.8 Å². The number of hydrogen-bond acceptors (Lipinski definition) is 10. The van der Waals surface area contributed by atoms with Crippen molar-refractivity contribution < 1.29 is 49.6 Å². The SMILES string of the molecule is O=C(C=Cc1ccc(O)c(O)c1)O[C@@H]1[C@H](O[C@@H]2CCCC[C@@H]2O)O[C@H](CO)[C@@H](O)[C@@H]1O. The minimum atomic E-state index is -1.59. The molecule has 0 unspecified atom stereocenters. The first kappa shape index (κ1) is 23.5. The first-order valence-corrected chi connectivity index (χ1v) is 10.2. The largest absolute Gasteiger partial charge is 0.504 e. The Hall–Kier alpha value is -2.21. The van der Waals surface area contributed by atoms with Gasteiger partial charge in [-0.05, 0) is 36.6 Å². The molecule has 1 aliphatic heterocycles. The molecule has 1 aromatic carbocycles. The number of benzene rings is 1. The number of carbonyl (C=O) groups excluding carboxylic acids is 1. The zero-order chi connectivity index (χ0) is 22.5. The molecule has 0 aromatic heterocycles. The van der Waals surface area contributed by atoms with Crippen molar-refractivity contribution in [1.29, 1.82) is 0 Å². The number of aliphatic hydroxyl groups excluding tert-OH is 4. The fraction of sp³-hybridized carbons (Fsp3) is 0.571. The van der Waals surface area contributed by atoms with Crippen LogP contribution in [0.15, 0.2) is 24.3 Å². The van der Waals surface area contributed by atoms with E-state index in [1.165, 1.54) is 24.3 Å². The Labute approximate surface area is 178 Å². The molecule has 10 nitrogen and oxygen atoms in total. The molecule has 1 aromatic rings. The summed E-state index contributed by atoms with van der Waals surface area (Å²) in [5.41, 5.74) is 0.409. The Morgan fingerprint density at radius 3 is 2.52 bits per heavy atom. The number of phenolic OH excluding ortho intramolecular Hbond substituents is 2. The molecule has 2 fully saturated rings. The molecule has 2 aliphatic rings. The minimum absolute atomic E-state index is 0.306. The van der Waals surface area contributed by atoms with Gasteiger partial charge in [-0.1, -0.05) is 18.9 Å². The van der Waals surface area contributed by atoms with E-state index in [-0.39, 0.29) is 11.5 Å². The van der Waals surface area contributed by atoms with Crippen molar-refractivity contribution in [1.82, 2.24) is 0 Å². The summed E-state index contributed by atoms with van der Waals surface area (Å²) < 4.78 is 16.6. The van der Waals surface area contributed by atoms with Crippen LogP contribution in [-0.4, -0.2) is 86.1 Å². The molecule has 1 saturated carbocycles. The van der Waals surface area contributed by atoms with Crippen LogP contribution in [0.25, 0.3) is 6.08 Å². The van der Waals surface area contributed by atoms with E-state index in [1.54, 1.807) is 0 Å². The number of carbonyl (C=O) groups is 1. The van der Waals surface area contributed by atoms with Gasteiger partial charge in [-0.15, -0.1) is 0 Å². The summed E-state index contributed by atoms with van der Waals surface area (Å²) >= 11 is 0. The first-order valence-electron chi connectivity index (χ1n) is 10.2. The molecule has 0 spiro atoms. The lowest BCUT2D eigenvalue weighted by atomic mass is 9.94. The first-order chi connectivity index (χ1) is 14.8. The number of esters is 1. The lowest BCUT2D eigenvalue weighted by molar-refractivity contribution is -0.320. The van der Waals surface area contributed by atoms with Crippen LogP contribution in [0.4, 0.5) is 0 Å². The Kier molecular flexibility index (Phi) is 7.87. The van der Waals surface area contributed by atoms with Crippen molar-refractivity contribution >= 4 is 12.0 Å². The van der Waals surface area contributed by atoms with Crippen molar-refractivity contribution in [2.75, 3.05) is 6.61 Å². The van der Waals surface area contributed by atoms with Gasteiger partial charge in [0.1, 0.15) is 18.3 Å². The second kappa shape index (κ2) is 10.4. The van der Waals surface area contributed by atoms with Gasteiger partial charge in [0.15, 0.2) is 23.9 Å².